The highest BCUT2D eigenvalue weighted by Gasteiger charge is 2.32. The van der Waals surface area contributed by atoms with Crippen molar-refractivity contribution in [2.45, 2.75) is 31.7 Å². The van der Waals surface area contributed by atoms with E-state index in [0.29, 0.717) is 29.9 Å². The van der Waals surface area contributed by atoms with E-state index < -0.39 is 29.6 Å². The van der Waals surface area contributed by atoms with Crippen molar-refractivity contribution in [1.29, 1.82) is 0 Å². The minimum atomic E-state index is -4.77. The van der Waals surface area contributed by atoms with Gasteiger partial charge >= 0.3 is 6.18 Å². The summed E-state index contributed by atoms with van der Waals surface area (Å²) in [6, 6.07) is 20.3. The van der Waals surface area contributed by atoms with Gasteiger partial charge in [-0.2, -0.15) is 13.2 Å². The summed E-state index contributed by atoms with van der Waals surface area (Å²) >= 11 is 0. The van der Waals surface area contributed by atoms with E-state index in [4.69, 9.17) is 10.5 Å². The second-order valence-corrected chi connectivity index (χ2v) is 9.75. The number of carbonyl (C=O) groups is 1. The van der Waals surface area contributed by atoms with Crippen LogP contribution >= 0.6 is 0 Å². The summed E-state index contributed by atoms with van der Waals surface area (Å²) in [5.41, 5.74) is 6.49. The quantitative estimate of drug-likeness (QED) is 0.154. The van der Waals surface area contributed by atoms with Gasteiger partial charge in [-0.25, -0.2) is 4.39 Å². The van der Waals surface area contributed by atoms with Gasteiger partial charge in [0.05, 0.1) is 17.9 Å². The van der Waals surface area contributed by atoms with E-state index in [1.165, 1.54) is 24.1 Å². The van der Waals surface area contributed by atoms with Crippen molar-refractivity contribution >= 4 is 17.3 Å². The third-order valence-electron chi connectivity index (χ3n) is 6.64. The molecular formula is C31H31F4N3O2. The SMILES string of the molecule is C=C(/C=C(/C(=O)Nc1cc(C(OCC2CC2)c2ccccc2)ccc1F)N(C)c1cccc(CN)c1)C(F)(F)F. The molecule has 3 aromatic rings. The Balaban J connectivity index is 1.66. The monoisotopic (exact) mass is 553 g/mol. The Morgan fingerprint density at radius 3 is 2.48 bits per heavy atom. The number of nitrogens with one attached hydrogen (secondary N) is 1. The van der Waals surface area contributed by atoms with Crippen LogP contribution in [0.3, 0.4) is 0 Å². The summed E-state index contributed by atoms with van der Waals surface area (Å²) in [5.74, 6) is -1.21. The number of amides is 1. The first-order valence-electron chi connectivity index (χ1n) is 12.8. The maximum absolute atomic E-state index is 15.0. The fourth-order valence-corrected chi connectivity index (χ4v) is 4.11. The number of rotatable bonds is 11. The van der Waals surface area contributed by atoms with Gasteiger partial charge in [-0.3, -0.25) is 4.79 Å². The lowest BCUT2D eigenvalue weighted by molar-refractivity contribution is -0.113. The first-order chi connectivity index (χ1) is 19.1. The van der Waals surface area contributed by atoms with E-state index in [1.807, 2.05) is 30.3 Å². The minimum absolute atomic E-state index is 0.189. The molecule has 1 aliphatic carbocycles. The van der Waals surface area contributed by atoms with Gasteiger partial charge in [-0.15, -0.1) is 0 Å². The van der Waals surface area contributed by atoms with Gasteiger partial charge in [-0.05, 0) is 65.8 Å². The fourth-order valence-electron chi connectivity index (χ4n) is 4.11. The van der Waals surface area contributed by atoms with Crippen molar-refractivity contribution in [2.75, 3.05) is 23.9 Å². The van der Waals surface area contributed by atoms with Crippen LogP contribution in [0.5, 0.6) is 0 Å². The molecule has 0 spiro atoms. The zero-order valence-electron chi connectivity index (χ0n) is 22.0. The van der Waals surface area contributed by atoms with Crippen molar-refractivity contribution in [3.8, 4) is 0 Å². The predicted octanol–water partition coefficient (Wildman–Crippen LogP) is 6.88. The zero-order valence-corrected chi connectivity index (χ0v) is 22.0. The molecule has 1 saturated carbocycles. The molecule has 3 N–H and O–H groups in total. The lowest BCUT2D eigenvalue weighted by Crippen LogP contribution is -2.29. The number of nitrogens with zero attached hydrogens (tertiary/aromatic N) is 1. The van der Waals surface area contributed by atoms with Crippen LogP contribution in [0.25, 0.3) is 0 Å². The maximum atomic E-state index is 15.0. The predicted molar refractivity (Wildman–Crippen MR) is 148 cm³/mol. The van der Waals surface area contributed by atoms with Crippen LogP contribution < -0.4 is 16.0 Å². The number of anilines is 2. The number of nitrogens with two attached hydrogens (primary N) is 1. The highest BCUT2D eigenvalue weighted by Crippen LogP contribution is 2.35. The molecule has 0 aliphatic heterocycles. The summed E-state index contributed by atoms with van der Waals surface area (Å²) in [4.78, 5) is 14.7. The molecule has 4 rings (SSSR count). The van der Waals surface area contributed by atoms with Crippen LogP contribution in [0, 0.1) is 11.7 Å². The number of halogens is 4. The Labute approximate surface area is 230 Å². The first-order valence-corrected chi connectivity index (χ1v) is 12.8. The third-order valence-corrected chi connectivity index (χ3v) is 6.64. The Morgan fingerprint density at radius 1 is 1.10 bits per heavy atom. The Morgan fingerprint density at radius 2 is 1.82 bits per heavy atom. The standard InChI is InChI=1S/C31H31F4N3O2/c1-20(31(33,34)35)15-28(38(2)25-10-6-7-22(16-25)18-36)30(39)37-27-17-24(13-14-26(27)32)29(40-19-21-11-12-21)23-8-4-3-5-9-23/h3-10,13-17,21,29H,1,11-12,18-19,36H2,2H3,(H,37,39)/b28-15-. The largest absolute Gasteiger partial charge is 0.415 e. The van der Waals surface area contributed by atoms with Crippen LogP contribution in [0.2, 0.25) is 0 Å². The molecule has 9 heteroatoms. The van der Waals surface area contributed by atoms with Gasteiger partial charge in [0.25, 0.3) is 5.91 Å². The van der Waals surface area contributed by atoms with E-state index in [9.17, 15) is 22.4 Å². The highest BCUT2D eigenvalue weighted by atomic mass is 19.4. The van der Waals surface area contributed by atoms with E-state index in [2.05, 4.69) is 11.9 Å². The molecule has 40 heavy (non-hydrogen) atoms. The lowest BCUT2D eigenvalue weighted by atomic mass is 10.0. The number of hydrogen-bond acceptors (Lipinski definition) is 4. The molecular weight excluding hydrogens is 522 g/mol. The van der Waals surface area contributed by atoms with Crippen LogP contribution in [0.15, 0.2) is 96.7 Å². The molecule has 0 radical (unpaired) electrons. The Hall–Kier alpha value is -3.95. The minimum Gasteiger partial charge on any atom is -0.368 e. The summed E-state index contributed by atoms with van der Waals surface area (Å²) in [6.07, 6.45) is -2.46. The molecule has 1 amide bonds. The second kappa shape index (κ2) is 12.5. The number of ether oxygens (including phenoxy) is 1. The van der Waals surface area contributed by atoms with Crippen molar-refractivity contribution in [3.63, 3.8) is 0 Å². The van der Waals surface area contributed by atoms with E-state index in [1.54, 1.807) is 30.3 Å². The Bertz CT molecular complexity index is 1380. The number of likely N-dealkylation sites (N-methyl/N-ethyl adjacent to an activating group) is 1. The molecule has 3 aromatic carbocycles. The molecule has 1 fully saturated rings. The van der Waals surface area contributed by atoms with Gasteiger partial charge in [-0.1, -0.05) is 55.1 Å². The first kappa shape index (κ1) is 29.0. The van der Waals surface area contributed by atoms with Crippen molar-refractivity contribution in [3.05, 3.63) is 119 Å². The smallest absolute Gasteiger partial charge is 0.368 e. The van der Waals surface area contributed by atoms with E-state index >= 15 is 0 Å². The van der Waals surface area contributed by atoms with Gasteiger partial charge in [0.1, 0.15) is 17.6 Å². The molecule has 0 aromatic heterocycles. The summed E-state index contributed by atoms with van der Waals surface area (Å²) in [7, 11) is 1.44. The molecule has 0 heterocycles. The second-order valence-electron chi connectivity index (χ2n) is 9.75. The lowest BCUT2D eigenvalue weighted by Gasteiger charge is -2.24. The number of carbonyl (C=O) groups excluding carboxylic acids is 1. The fraction of sp³-hybridized carbons (Fsp3) is 0.258. The molecule has 210 valence electrons. The number of benzene rings is 3. The molecule has 1 atom stereocenters. The van der Waals surface area contributed by atoms with Gasteiger partial charge in [0.2, 0.25) is 0 Å². The molecule has 1 aliphatic rings. The van der Waals surface area contributed by atoms with Crippen molar-refractivity contribution in [1.82, 2.24) is 0 Å². The molecule has 0 saturated heterocycles. The van der Waals surface area contributed by atoms with Crippen molar-refractivity contribution < 1.29 is 27.1 Å². The molecule has 1 unspecified atom stereocenters. The topological polar surface area (TPSA) is 67.6 Å². The molecule has 0 bridgehead atoms. The summed E-state index contributed by atoms with van der Waals surface area (Å²) < 4.78 is 61.4. The Kier molecular flexibility index (Phi) is 9.07. The van der Waals surface area contributed by atoms with Gasteiger partial charge in [0.15, 0.2) is 0 Å². The summed E-state index contributed by atoms with van der Waals surface area (Å²) in [5, 5.41) is 2.46. The maximum Gasteiger partial charge on any atom is 0.415 e. The van der Waals surface area contributed by atoms with Gasteiger partial charge < -0.3 is 20.7 Å². The summed E-state index contributed by atoms with van der Waals surface area (Å²) in [6.45, 7) is 3.81. The van der Waals surface area contributed by atoms with Gasteiger partial charge in [0, 0.05) is 19.3 Å². The normalized spacial score (nSPS) is 14.5. The average molecular weight is 554 g/mol. The molecule has 5 nitrogen and oxygen atoms in total. The highest BCUT2D eigenvalue weighted by molar-refractivity contribution is 6.06. The van der Waals surface area contributed by atoms with Crippen molar-refractivity contribution in [2.24, 2.45) is 11.7 Å². The number of allylic oxidation sites excluding steroid dienone is 2. The van der Waals surface area contributed by atoms with Crippen LogP contribution in [0.4, 0.5) is 28.9 Å². The van der Waals surface area contributed by atoms with E-state index in [-0.39, 0.29) is 17.9 Å². The van der Waals surface area contributed by atoms with Crippen LogP contribution in [0.1, 0.15) is 35.6 Å². The number of alkyl halides is 3. The van der Waals surface area contributed by atoms with E-state index in [0.717, 1.165) is 24.0 Å². The third kappa shape index (κ3) is 7.37. The zero-order chi connectivity index (χ0) is 28.9. The van der Waals surface area contributed by atoms with Crippen LogP contribution in [-0.2, 0) is 16.1 Å². The number of hydrogen-bond donors (Lipinski definition) is 2. The average Bonchev–Trinajstić information content (AvgIpc) is 3.77. The van der Waals surface area contributed by atoms with Crippen LogP contribution in [-0.4, -0.2) is 25.7 Å².